The molecule has 0 fully saturated rings. The topological polar surface area (TPSA) is 156 Å². The third-order valence-corrected chi connectivity index (χ3v) is 9.04. The molecule has 3 aromatic carbocycles. The Labute approximate surface area is 291 Å². The number of hydrogen-bond acceptors (Lipinski definition) is 9. The van der Waals surface area contributed by atoms with Gasteiger partial charge in [0.2, 0.25) is 11.7 Å². The van der Waals surface area contributed by atoms with E-state index >= 15 is 0 Å². The third kappa shape index (κ3) is 8.05. The molecule has 4 aromatic rings. The highest BCUT2D eigenvalue weighted by Crippen LogP contribution is 2.47. The van der Waals surface area contributed by atoms with Crippen LogP contribution in [0.3, 0.4) is 0 Å². The fraction of sp³-hybridized carbons (Fsp3) is 0.359. The Morgan fingerprint density at radius 3 is 2.48 bits per heavy atom. The van der Waals surface area contributed by atoms with Crippen LogP contribution in [0.25, 0.3) is 17.0 Å². The number of amides is 1. The van der Waals surface area contributed by atoms with Crippen LogP contribution in [-0.4, -0.2) is 60.3 Å². The van der Waals surface area contributed by atoms with Crippen LogP contribution in [0.2, 0.25) is 0 Å². The van der Waals surface area contributed by atoms with E-state index in [-0.39, 0.29) is 47.1 Å². The molecule has 2 heterocycles. The molecule has 11 nitrogen and oxygen atoms in total. The van der Waals surface area contributed by atoms with Gasteiger partial charge in [-0.05, 0) is 79.6 Å². The van der Waals surface area contributed by atoms with E-state index < -0.39 is 23.7 Å². The monoisotopic (exact) mass is 684 g/mol. The number of aromatic nitrogens is 1. The normalized spacial score (nSPS) is 16.8. The third-order valence-electron chi connectivity index (χ3n) is 9.04. The average molecular weight is 685 g/mol. The van der Waals surface area contributed by atoms with E-state index in [4.69, 9.17) is 18.9 Å². The molecule has 0 bridgehead atoms. The maximum absolute atomic E-state index is 13.7. The number of carbonyl (C=O) groups excluding carboxylic acids is 3. The lowest BCUT2D eigenvalue weighted by molar-refractivity contribution is -0.121. The van der Waals surface area contributed by atoms with Gasteiger partial charge in [-0.3, -0.25) is 9.59 Å². The zero-order valence-electron chi connectivity index (χ0n) is 28.8. The quantitative estimate of drug-likeness (QED) is 0.137. The number of methoxy groups -OCH3 is 3. The summed E-state index contributed by atoms with van der Waals surface area (Å²) in [7, 11) is 4.40. The number of carbonyl (C=O) groups is 3. The largest absolute Gasteiger partial charge is 0.507 e. The molecule has 0 saturated heterocycles. The van der Waals surface area contributed by atoms with Gasteiger partial charge in [0.25, 0.3) is 0 Å². The van der Waals surface area contributed by atoms with Crippen LogP contribution in [-0.2, 0) is 20.9 Å². The number of Topliss-reactive ketones (excluding diaryl/α,β-unsaturated/α-hetero) is 1. The van der Waals surface area contributed by atoms with Crippen molar-refractivity contribution in [3.05, 3.63) is 82.6 Å². The van der Waals surface area contributed by atoms with Gasteiger partial charge in [0.1, 0.15) is 22.8 Å². The summed E-state index contributed by atoms with van der Waals surface area (Å²) >= 11 is 0. The van der Waals surface area contributed by atoms with Crippen LogP contribution in [0.5, 0.6) is 28.7 Å². The number of aromatic hydroxyl groups is 2. The predicted molar refractivity (Wildman–Crippen MR) is 189 cm³/mol. The van der Waals surface area contributed by atoms with Gasteiger partial charge in [-0.15, -0.1) is 0 Å². The molecule has 2 atom stereocenters. The first-order valence-corrected chi connectivity index (χ1v) is 16.7. The Kier molecular flexibility index (Phi) is 11.7. The van der Waals surface area contributed by atoms with Gasteiger partial charge < -0.3 is 39.5 Å². The summed E-state index contributed by atoms with van der Waals surface area (Å²) in [6, 6.07) is 12.4. The zero-order chi connectivity index (χ0) is 35.8. The number of phenolic OH excluding ortho intramolecular Hbond substituents is 2. The minimum absolute atomic E-state index is 0.0365. The standard InChI is InChI=1S/C39H44N2O9/c1-23-10-8-14-27(42)13-7-5-6-11-24-18-31(43)36(37(45)35(24)39(46)50-23)29(26-19-32(47-2)38(49-4)33(20-26)48-3)21-34(44)41-22-25-12-9-15-30-28(25)16-17-40-30/h6,9,11-12,15-20,23,29,40,43,45H,5,7-8,10,13-14,21-22H2,1-4H3,(H,41,44)/b11-6+/t23-,29?/m0/s1. The molecule has 1 unspecified atom stereocenters. The Balaban J connectivity index is 1.60. The van der Waals surface area contributed by atoms with Gasteiger partial charge in [0.05, 0.1) is 27.4 Å². The first kappa shape index (κ1) is 35.8. The van der Waals surface area contributed by atoms with E-state index in [2.05, 4.69) is 10.3 Å². The molecule has 0 radical (unpaired) electrons. The number of cyclic esters (lactones) is 1. The molecule has 4 N–H and O–H groups in total. The molecular formula is C39H44N2O9. The Bertz CT molecular complexity index is 1870. The Morgan fingerprint density at radius 2 is 1.76 bits per heavy atom. The van der Waals surface area contributed by atoms with Gasteiger partial charge in [-0.25, -0.2) is 4.79 Å². The number of H-pyrrole nitrogens is 1. The van der Waals surface area contributed by atoms with Crippen LogP contribution in [0.1, 0.15) is 90.4 Å². The molecule has 264 valence electrons. The maximum Gasteiger partial charge on any atom is 0.342 e. The summed E-state index contributed by atoms with van der Waals surface area (Å²) in [6.07, 6.45) is 7.58. The van der Waals surface area contributed by atoms with Crippen molar-refractivity contribution in [1.29, 1.82) is 0 Å². The molecule has 1 aliphatic heterocycles. The molecule has 50 heavy (non-hydrogen) atoms. The highest BCUT2D eigenvalue weighted by molar-refractivity contribution is 5.98. The minimum Gasteiger partial charge on any atom is -0.507 e. The van der Waals surface area contributed by atoms with Crippen molar-refractivity contribution in [1.82, 2.24) is 10.3 Å². The first-order valence-electron chi connectivity index (χ1n) is 16.7. The number of rotatable bonds is 9. The lowest BCUT2D eigenvalue weighted by atomic mass is 9.84. The highest BCUT2D eigenvalue weighted by Gasteiger charge is 2.32. The number of ketones is 1. The van der Waals surface area contributed by atoms with Crippen molar-refractivity contribution in [2.75, 3.05) is 21.3 Å². The number of ether oxygens (including phenoxy) is 4. The minimum atomic E-state index is -0.981. The van der Waals surface area contributed by atoms with E-state index in [0.29, 0.717) is 61.3 Å². The van der Waals surface area contributed by atoms with Crippen molar-refractivity contribution in [2.24, 2.45) is 0 Å². The number of fused-ring (bicyclic) bond motifs is 2. The average Bonchev–Trinajstić information content (AvgIpc) is 3.58. The predicted octanol–water partition coefficient (Wildman–Crippen LogP) is 6.93. The van der Waals surface area contributed by atoms with Crippen LogP contribution < -0.4 is 19.5 Å². The number of benzene rings is 3. The second kappa shape index (κ2) is 16.3. The maximum atomic E-state index is 13.7. The second-order valence-electron chi connectivity index (χ2n) is 12.4. The Morgan fingerprint density at radius 1 is 1.02 bits per heavy atom. The van der Waals surface area contributed by atoms with Crippen LogP contribution >= 0.6 is 0 Å². The number of allylic oxidation sites excluding steroid dienone is 1. The summed E-state index contributed by atoms with van der Waals surface area (Å²) in [4.78, 5) is 42.9. The molecule has 0 aliphatic carbocycles. The van der Waals surface area contributed by atoms with Gasteiger partial charge in [0.15, 0.2) is 11.5 Å². The molecule has 0 saturated carbocycles. The SMILES string of the molecule is COc1cc(C(CC(=O)NCc2cccc3[nH]ccc23)c2c(O)cc3c(c2O)C(=O)O[C@@H](C)CCCC(=O)CCC/C=C/3)cc(OC)c1OC. The van der Waals surface area contributed by atoms with E-state index in [1.54, 1.807) is 31.2 Å². The summed E-state index contributed by atoms with van der Waals surface area (Å²) in [5.41, 5.74) is 2.38. The summed E-state index contributed by atoms with van der Waals surface area (Å²) in [6.45, 7) is 1.97. The fourth-order valence-corrected chi connectivity index (χ4v) is 6.46. The lowest BCUT2D eigenvalue weighted by Gasteiger charge is -2.24. The van der Waals surface area contributed by atoms with E-state index in [1.165, 1.54) is 27.4 Å². The van der Waals surface area contributed by atoms with Crippen LogP contribution in [0.4, 0.5) is 0 Å². The van der Waals surface area contributed by atoms with Crippen molar-refractivity contribution in [3.63, 3.8) is 0 Å². The van der Waals surface area contributed by atoms with Gasteiger partial charge in [0, 0.05) is 54.4 Å². The smallest absolute Gasteiger partial charge is 0.342 e. The molecule has 5 rings (SSSR count). The number of esters is 1. The Hall–Kier alpha value is -5.45. The van der Waals surface area contributed by atoms with E-state index in [1.807, 2.05) is 30.5 Å². The molecule has 11 heteroatoms. The second-order valence-corrected chi connectivity index (χ2v) is 12.4. The first-order chi connectivity index (χ1) is 24.1. The van der Waals surface area contributed by atoms with Gasteiger partial charge >= 0.3 is 5.97 Å². The summed E-state index contributed by atoms with van der Waals surface area (Å²) in [5.74, 6) is -1.88. The molecule has 1 amide bonds. The molecule has 0 spiro atoms. The van der Waals surface area contributed by atoms with Gasteiger partial charge in [-0.1, -0.05) is 24.3 Å². The molecule has 1 aromatic heterocycles. The highest BCUT2D eigenvalue weighted by atomic mass is 16.5. The lowest BCUT2D eigenvalue weighted by Crippen LogP contribution is -2.25. The van der Waals surface area contributed by atoms with Crippen molar-refractivity contribution in [2.45, 2.75) is 70.4 Å². The number of aromatic amines is 1. The van der Waals surface area contributed by atoms with Crippen molar-refractivity contribution < 1.29 is 43.5 Å². The fourth-order valence-electron chi connectivity index (χ4n) is 6.46. The molecule has 1 aliphatic rings. The van der Waals surface area contributed by atoms with Crippen molar-refractivity contribution in [3.8, 4) is 28.7 Å². The molecular weight excluding hydrogens is 640 g/mol. The van der Waals surface area contributed by atoms with Crippen LogP contribution in [0.15, 0.2) is 54.7 Å². The number of hydrogen-bond donors (Lipinski definition) is 4. The van der Waals surface area contributed by atoms with E-state index in [9.17, 15) is 24.6 Å². The number of nitrogens with one attached hydrogen (secondary N) is 2. The zero-order valence-corrected chi connectivity index (χ0v) is 28.8. The number of phenols is 2. The van der Waals surface area contributed by atoms with E-state index in [0.717, 1.165) is 16.5 Å². The van der Waals surface area contributed by atoms with Gasteiger partial charge in [-0.2, -0.15) is 0 Å². The van der Waals surface area contributed by atoms with Crippen LogP contribution in [0, 0.1) is 0 Å². The summed E-state index contributed by atoms with van der Waals surface area (Å²) in [5, 5.41) is 27.5. The van der Waals surface area contributed by atoms with Crippen molar-refractivity contribution >= 4 is 34.6 Å². The summed E-state index contributed by atoms with van der Waals surface area (Å²) < 4.78 is 22.5.